The average molecular weight is 551 g/mol. The number of carbonyl (C=O) groups is 1. The van der Waals surface area contributed by atoms with Crippen molar-refractivity contribution in [1.29, 1.82) is 0 Å². The van der Waals surface area contributed by atoms with Crippen LogP contribution in [0.15, 0.2) is 70.1 Å². The second kappa shape index (κ2) is 12.0. The molecule has 1 unspecified atom stereocenters. The summed E-state index contributed by atoms with van der Waals surface area (Å²) in [5.74, 6) is 1.56. The van der Waals surface area contributed by atoms with E-state index in [2.05, 4.69) is 11.6 Å². The summed E-state index contributed by atoms with van der Waals surface area (Å²) in [5, 5.41) is 0. The zero-order valence-electron chi connectivity index (χ0n) is 22.5. The molecule has 0 saturated heterocycles. The van der Waals surface area contributed by atoms with Crippen molar-refractivity contribution in [3.8, 4) is 23.0 Å². The molecule has 0 amide bonds. The molecule has 10 heteroatoms. The van der Waals surface area contributed by atoms with E-state index in [0.29, 0.717) is 50.2 Å². The summed E-state index contributed by atoms with van der Waals surface area (Å²) in [5.41, 5.74) is 1.86. The topological polar surface area (TPSA) is 97.6 Å². The lowest BCUT2D eigenvalue weighted by molar-refractivity contribution is -0.139. The van der Waals surface area contributed by atoms with Crippen molar-refractivity contribution >= 4 is 23.4 Å². The first-order valence-corrected chi connectivity index (χ1v) is 13.0. The predicted octanol–water partition coefficient (Wildman–Crippen LogP) is 3.39. The largest absolute Gasteiger partial charge is 0.493 e. The van der Waals surface area contributed by atoms with Crippen LogP contribution in [0.3, 0.4) is 0 Å². The van der Waals surface area contributed by atoms with Gasteiger partial charge in [0, 0.05) is 0 Å². The Kier molecular flexibility index (Phi) is 8.55. The average Bonchev–Trinajstić information content (AvgIpc) is 3.24. The molecule has 1 aromatic heterocycles. The molecule has 1 atom stereocenters. The van der Waals surface area contributed by atoms with E-state index in [9.17, 15) is 9.59 Å². The highest BCUT2D eigenvalue weighted by molar-refractivity contribution is 7.07. The second-order valence-corrected chi connectivity index (χ2v) is 9.44. The van der Waals surface area contributed by atoms with E-state index >= 15 is 0 Å². The molecule has 1 aliphatic heterocycles. The molecular weight excluding hydrogens is 520 g/mol. The Morgan fingerprint density at radius 3 is 2.41 bits per heavy atom. The molecule has 9 nitrogen and oxygen atoms in total. The van der Waals surface area contributed by atoms with Crippen LogP contribution in [0.4, 0.5) is 0 Å². The highest BCUT2D eigenvalue weighted by Gasteiger charge is 2.34. The number of nitrogens with zero attached hydrogens (tertiary/aromatic N) is 2. The third kappa shape index (κ3) is 5.46. The van der Waals surface area contributed by atoms with Crippen molar-refractivity contribution in [2.75, 3.05) is 34.5 Å². The van der Waals surface area contributed by atoms with Crippen molar-refractivity contribution in [2.24, 2.45) is 4.99 Å². The SMILES string of the molecule is C=CCOc1ccc(C2C(C(=O)OCC)=C(C)N=c3sc(=Cc4ccc(OC)c(OC)c4)c(=O)n32)cc1OC. The fraction of sp³-hybridized carbons (Fsp3) is 0.276. The number of aromatic nitrogens is 1. The van der Waals surface area contributed by atoms with E-state index in [-0.39, 0.29) is 17.7 Å². The van der Waals surface area contributed by atoms with Gasteiger partial charge in [0.15, 0.2) is 27.8 Å². The first kappa shape index (κ1) is 27.7. The monoisotopic (exact) mass is 550 g/mol. The predicted molar refractivity (Wildman–Crippen MR) is 149 cm³/mol. The Hall–Kier alpha value is -4.31. The number of allylic oxidation sites excluding steroid dienone is 1. The van der Waals surface area contributed by atoms with E-state index in [1.165, 1.54) is 23.0 Å². The highest BCUT2D eigenvalue weighted by atomic mass is 32.1. The van der Waals surface area contributed by atoms with Gasteiger partial charge in [-0.2, -0.15) is 0 Å². The molecule has 0 N–H and O–H groups in total. The maximum Gasteiger partial charge on any atom is 0.338 e. The van der Waals surface area contributed by atoms with Crippen LogP contribution in [0, 0.1) is 0 Å². The van der Waals surface area contributed by atoms with Gasteiger partial charge in [-0.3, -0.25) is 9.36 Å². The van der Waals surface area contributed by atoms with Crippen LogP contribution in [-0.4, -0.2) is 45.1 Å². The molecule has 0 saturated carbocycles. The number of benzene rings is 2. The Bertz CT molecular complexity index is 1620. The van der Waals surface area contributed by atoms with Gasteiger partial charge in [-0.05, 0) is 55.3 Å². The quantitative estimate of drug-likeness (QED) is 0.282. The van der Waals surface area contributed by atoms with E-state index in [4.69, 9.17) is 23.7 Å². The van der Waals surface area contributed by atoms with Crippen molar-refractivity contribution in [3.05, 3.63) is 91.1 Å². The van der Waals surface area contributed by atoms with Crippen LogP contribution in [0.5, 0.6) is 23.0 Å². The number of ether oxygens (including phenoxy) is 5. The van der Waals surface area contributed by atoms with Gasteiger partial charge in [0.2, 0.25) is 0 Å². The van der Waals surface area contributed by atoms with Crippen LogP contribution >= 0.6 is 11.3 Å². The summed E-state index contributed by atoms with van der Waals surface area (Å²) in [7, 11) is 4.64. The maximum absolute atomic E-state index is 13.9. The van der Waals surface area contributed by atoms with E-state index in [1.54, 1.807) is 70.6 Å². The fourth-order valence-electron chi connectivity index (χ4n) is 4.32. The standard InChI is InChI=1S/C29H30N2O7S/c1-7-13-38-21-12-10-19(16-23(21)36-6)26-25(28(33)37-8-2)17(3)30-29-31(26)27(32)24(39-29)15-18-9-11-20(34-4)22(14-18)35-5/h7,9-12,14-16,26H,1,8,13H2,2-6H3. The van der Waals surface area contributed by atoms with Crippen LogP contribution < -0.4 is 33.8 Å². The summed E-state index contributed by atoms with van der Waals surface area (Å²) >= 11 is 1.24. The van der Waals surface area contributed by atoms with Gasteiger partial charge in [-0.25, -0.2) is 9.79 Å². The van der Waals surface area contributed by atoms with Crippen molar-refractivity contribution < 1.29 is 28.5 Å². The number of esters is 1. The van der Waals surface area contributed by atoms with E-state index < -0.39 is 12.0 Å². The van der Waals surface area contributed by atoms with E-state index in [1.807, 2.05) is 6.07 Å². The van der Waals surface area contributed by atoms with E-state index in [0.717, 1.165) is 5.56 Å². The maximum atomic E-state index is 13.9. The summed E-state index contributed by atoms with van der Waals surface area (Å²) in [4.78, 5) is 32.1. The van der Waals surface area contributed by atoms with Gasteiger partial charge >= 0.3 is 5.97 Å². The molecule has 0 fully saturated rings. The summed E-state index contributed by atoms with van der Waals surface area (Å²) in [6.07, 6.45) is 3.40. The number of hydrogen-bond donors (Lipinski definition) is 0. The molecule has 3 aromatic rings. The minimum absolute atomic E-state index is 0.184. The molecular formula is C29H30N2O7S. The molecule has 0 radical (unpaired) electrons. The van der Waals surface area contributed by atoms with Crippen LogP contribution in [0.25, 0.3) is 6.08 Å². The third-order valence-corrected chi connectivity index (χ3v) is 7.07. The number of rotatable bonds is 10. The lowest BCUT2D eigenvalue weighted by atomic mass is 9.95. The molecule has 0 aliphatic carbocycles. The summed E-state index contributed by atoms with van der Waals surface area (Å²) in [6.45, 7) is 7.63. The van der Waals surface area contributed by atoms with Crippen LogP contribution in [0.1, 0.15) is 31.0 Å². The first-order chi connectivity index (χ1) is 18.9. The molecule has 4 rings (SSSR count). The van der Waals surface area contributed by atoms with Gasteiger partial charge in [0.05, 0.1) is 49.8 Å². The Morgan fingerprint density at radius 1 is 1.05 bits per heavy atom. The highest BCUT2D eigenvalue weighted by Crippen LogP contribution is 2.36. The normalized spacial score (nSPS) is 14.8. The minimum Gasteiger partial charge on any atom is -0.493 e. The number of fused-ring (bicyclic) bond motifs is 1. The lowest BCUT2D eigenvalue weighted by Crippen LogP contribution is -2.40. The van der Waals surface area contributed by atoms with Gasteiger partial charge in [0.1, 0.15) is 6.61 Å². The van der Waals surface area contributed by atoms with Gasteiger partial charge in [-0.1, -0.05) is 36.1 Å². The number of hydrogen-bond acceptors (Lipinski definition) is 9. The Labute approximate surface area is 229 Å². The Morgan fingerprint density at radius 2 is 1.74 bits per heavy atom. The minimum atomic E-state index is -0.782. The summed E-state index contributed by atoms with van der Waals surface area (Å²) in [6, 6.07) is 9.91. The van der Waals surface area contributed by atoms with Crippen LogP contribution in [-0.2, 0) is 9.53 Å². The molecule has 0 bridgehead atoms. The molecule has 204 valence electrons. The van der Waals surface area contributed by atoms with Crippen molar-refractivity contribution in [3.63, 3.8) is 0 Å². The number of methoxy groups -OCH3 is 3. The second-order valence-electron chi connectivity index (χ2n) is 8.43. The summed E-state index contributed by atoms with van der Waals surface area (Å²) < 4.78 is 29.3. The zero-order chi connectivity index (χ0) is 28.1. The van der Waals surface area contributed by atoms with Gasteiger partial charge in [0.25, 0.3) is 5.56 Å². The fourth-order valence-corrected chi connectivity index (χ4v) is 5.37. The molecule has 1 aliphatic rings. The first-order valence-electron chi connectivity index (χ1n) is 12.2. The lowest BCUT2D eigenvalue weighted by Gasteiger charge is -2.25. The zero-order valence-corrected chi connectivity index (χ0v) is 23.3. The molecule has 39 heavy (non-hydrogen) atoms. The van der Waals surface area contributed by atoms with Crippen LogP contribution in [0.2, 0.25) is 0 Å². The van der Waals surface area contributed by atoms with Gasteiger partial charge in [-0.15, -0.1) is 0 Å². The van der Waals surface area contributed by atoms with Gasteiger partial charge < -0.3 is 23.7 Å². The number of carbonyl (C=O) groups excluding carboxylic acids is 1. The molecule has 2 aromatic carbocycles. The van der Waals surface area contributed by atoms with Crippen molar-refractivity contribution in [2.45, 2.75) is 19.9 Å². The molecule has 0 spiro atoms. The smallest absolute Gasteiger partial charge is 0.338 e. The van der Waals surface area contributed by atoms with Crippen molar-refractivity contribution in [1.82, 2.24) is 4.57 Å². The third-order valence-electron chi connectivity index (χ3n) is 6.08. The number of thiazole rings is 1. The Balaban J connectivity index is 1.92. The molecule has 2 heterocycles.